The Kier molecular flexibility index (Phi) is 4.57. The first kappa shape index (κ1) is 18.1. The van der Waals surface area contributed by atoms with Crippen LogP contribution in [0.1, 0.15) is 26.8 Å². The van der Waals surface area contributed by atoms with Crippen LogP contribution in [0, 0.1) is 12.7 Å². The standard InChI is InChI=1S/C22H16FNO3S/c1-13-5-2-6-14(11-13)19-18(20(25)17-9-4-10-28-17)21(26)22(27)24(19)16-8-3-7-15(23)12-16/h2-12,19,26H,1H3. The number of aliphatic hydroxyl groups excluding tert-OH is 1. The number of benzene rings is 2. The van der Waals surface area contributed by atoms with Crippen molar-refractivity contribution >= 4 is 28.7 Å². The molecule has 2 heterocycles. The second kappa shape index (κ2) is 7.05. The molecular formula is C22H16FNO3S. The summed E-state index contributed by atoms with van der Waals surface area (Å²) >= 11 is 1.24. The number of aliphatic hydroxyl groups is 1. The molecule has 1 aliphatic rings. The van der Waals surface area contributed by atoms with E-state index in [0.717, 1.165) is 5.56 Å². The number of aryl methyl sites for hydroxylation is 1. The maximum atomic E-state index is 13.8. The molecule has 6 heteroatoms. The lowest BCUT2D eigenvalue weighted by molar-refractivity contribution is -0.117. The number of anilines is 1. The van der Waals surface area contributed by atoms with E-state index in [1.807, 2.05) is 25.1 Å². The van der Waals surface area contributed by atoms with E-state index in [4.69, 9.17) is 0 Å². The Morgan fingerprint density at radius 1 is 1.11 bits per heavy atom. The molecule has 1 amide bonds. The summed E-state index contributed by atoms with van der Waals surface area (Å²) in [6.07, 6.45) is 0. The van der Waals surface area contributed by atoms with Crippen molar-refractivity contribution in [3.8, 4) is 0 Å². The highest BCUT2D eigenvalue weighted by molar-refractivity contribution is 7.12. The first-order valence-corrected chi connectivity index (χ1v) is 9.52. The maximum Gasteiger partial charge on any atom is 0.294 e. The van der Waals surface area contributed by atoms with Gasteiger partial charge in [0.25, 0.3) is 5.91 Å². The summed E-state index contributed by atoms with van der Waals surface area (Å²) in [6, 6.07) is 15.5. The number of hydrogen-bond donors (Lipinski definition) is 1. The maximum absolute atomic E-state index is 13.8. The second-order valence-corrected chi connectivity index (χ2v) is 7.49. The molecule has 0 saturated carbocycles. The molecule has 0 aliphatic carbocycles. The fourth-order valence-electron chi connectivity index (χ4n) is 3.43. The van der Waals surface area contributed by atoms with Gasteiger partial charge in [0, 0.05) is 5.69 Å². The molecule has 0 radical (unpaired) electrons. The Labute approximate surface area is 165 Å². The van der Waals surface area contributed by atoms with Gasteiger partial charge < -0.3 is 5.11 Å². The lowest BCUT2D eigenvalue weighted by Gasteiger charge is -2.27. The van der Waals surface area contributed by atoms with Gasteiger partial charge in [-0.25, -0.2) is 4.39 Å². The molecule has 0 bridgehead atoms. The minimum Gasteiger partial charge on any atom is -0.503 e. The Morgan fingerprint density at radius 3 is 2.57 bits per heavy atom. The molecule has 0 fully saturated rings. The molecule has 0 spiro atoms. The summed E-state index contributed by atoms with van der Waals surface area (Å²) in [5.41, 5.74) is 1.89. The molecule has 1 aromatic heterocycles. The van der Waals surface area contributed by atoms with Gasteiger partial charge in [0.1, 0.15) is 5.82 Å². The predicted molar refractivity (Wildman–Crippen MR) is 106 cm³/mol. The van der Waals surface area contributed by atoms with Crippen LogP contribution in [-0.2, 0) is 4.79 Å². The Bertz CT molecular complexity index is 1100. The molecule has 1 N–H and O–H groups in total. The topological polar surface area (TPSA) is 57.6 Å². The monoisotopic (exact) mass is 393 g/mol. The van der Waals surface area contributed by atoms with Crippen LogP contribution in [0.4, 0.5) is 10.1 Å². The summed E-state index contributed by atoms with van der Waals surface area (Å²) in [4.78, 5) is 27.7. The normalized spacial score (nSPS) is 16.7. The van der Waals surface area contributed by atoms with E-state index >= 15 is 0 Å². The molecule has 140 valence electrons. The highest BCUT2D eigenvalue weighted by Crippen LogP contribution is 2.42. The van der Waals surface area contributed by atoms with Crippen LogP contribution in [-0.4, -0.2) is 16.8 Å². The SMILES string of the molecule is Cc1cccc(C2C(C(=O)c3cccs3)=C(O)C(=O)N2c2cccc(F)c2)c1. The summed E-state index contributed by atoms with van der Waals surface area (Å²) in [5.74, 6) is -2.25. The number of halogens is 1. The van der Waals surface area contributed by atoms with Gasteiger partial charge in [-0.2, -0.15) is 0 Å². The predicted octanol–water partition coefficient (Wildman–Crippen LogP) is 4.98. The highest BCUT2D eigenvalue weighted by Gasteiger charge is 2.44. The van der Waals surface area contributed by atoms with Crippen molar-refractivity contribution in [1.82, 2.24) is 0 Å². The van der Waals surface area contributed by atoms with Gasteiger partial charge in [-0.1, -0.05) is 42.0 Å². The fraction of sp³-hybridized carbons (Fsp3) is 0.0909. The smallest absolute Gasteiger partial charge is 0.294 e. The van der Waals surface area contributed by atoms with Gasteiger partial charge in [-0.15, -0.1) is 11.3 Å². The van der Waals surface area contributed by atoms with E-state index < -0.39 is 29.3 Å². The number of Topliss-reactive ketones (excluding diaryl/α,β-unsaturated/α-hetero) is 1. The molecule has 3 aromatic rings. The van der Waals surface area contributed by atoms with Gasteiger partial charge in [-0.05, 0) is 42.1 Å². The Hall–Kier alpha value is -3.25. The van der Waals surface area contributed by atoms with Crippen LogP contribution in [0.15, 0.2) is 77.4 Å². The lowest BCUT2D eigenvalue weighted by Crippen LogP contribution is -2.31. The van der Waals surface area contributed by atoms with E-state index in [1.54, 1.807) is 29.6 Å². The number of amides is 1. The summed E-state index contributed by atoms with van der Waals surface area (Å²) in [7, 11) is 0. The molecule has 1 atom stereocenters. The number of rotatable bonds is 4. The van der Waals surface area contributed by atoms with Crippen molar-refractivity contribution in [2.45, 2.75) is 13.0 Å². The van der Waals surface area contributed by atoms with Crippen LogP contribution in [0.5, 0.6) is 0 Å². The summed E-state index contributed by atoms with van der Waals surface area (Å²) in [6.45, 7) is 1.90. The van der Waals surface area contributed by atoms with E-state index in [9.17, 15) is 19.1 Å². The van der Waals surface area contributed by atoms with Crippen LogP contribution in [0.3, 0.4) is 0 Å². The molecule has 1 unspecified atom stereocenters. The van der Waals surface area contributed by atoms with Crippen LogP contribution < -0.4 is 4.90 Å². The molecule has 0 saturated heterocycles. The summed E-state index contributed by atoms with van der Waals surface area (Å²) < 4.78 is 13.8. The molecule has 1 aliphatic heterocycles. The third kappa shape index (κ3) is 3.01. The van der Waals surface area contributed by atoms with Gasteiger partial charge in [0.2, 0.25) is 5.78 Å². The largest absolute Gasteiger partial charge is 0.503 e. The quantitative estimate of drug-likeness (QED) is 0.636. The van der Waals surface area contributed by atoms with Crippen LogP contribution in [0.25, 0.3) is 0 Å². The average Bonchev–Trinajstić information content (AvgIpc) is 3.29. The molecular weight excluding hydrogens is 377 g/mol. The third-order valence-corrected chi connectivity index (χ3v) is 5.51. The number of nitrogens with zero attached hydrogens (tertiary/aromatic N) is 1. The van der Waals surface area contributed by atoms with Gasteiger partial charge in [0.15, 0.2) is 5.76 Å². The number of carbonyl (C=O) groups excluding carboxylic acids is 2. The third-order valence-electron chi connectivity index (χ3n) is 4.64. The van der Waals surface area contributed by atoms with E-state index in [1.165, 1.54) is 34.4 Å². The molecule has 28 heavy (non-hydrogen) atoms. The van der Waals surface area contributed by atoms with Crippen LogP contribution >= 0.6 is 11.3 Å². The fourth-order valence-corrected chi connectivity index (χ4v) is 4.10. The number of hydrogen-bond acceptors (Lipinski definition) is 4. The first-order chi connectivity index (χ1) is 13.5. The molecule has 4 rings (SSSR count). The second-order valence-electron chi connectivity index (χ2n) is 6.54. The van der Waals surface area contributed by atoms with Gasteiger partial charge in [-0.3, -0.25) is 14.5 Å². The van der Waals surface area contributed by atoms with Crippen molar-refractivity contribution in [2.75, 3.05) is 4.90 Å². The molecule has 2 aromatic carbocycles. The highest BCUT2D eigenvalue weighted by atomic mass is 32.1. The Morgan fingerprint density at radius 2 is 1.89 bits per heavy atom. The minimum atomic E-state index is -0.844. The molecule has 4 nitrogen and oxygen atoms in total. The van der Waals surface area contributed by atoms with Gasteiger partial charge in [0.05, 0.1) is 16.5 Å². The van der Waals surface area contributed by atoms with E-state index in [-0.39, 0.29) is 11.3 Å². The zero-order valence-electron chi connectivity index (χ0n) is 14.9. The Balaban J connectivity index is 1.91. The van der Waals surface area contributed by atoms with Crippen molar-refractivity contribution in [1.29, 1.82) is 0 Å². The van der Waals surface area contributed by atoms with Crippen molar-refractivity contribution < 1.29 is 19.1 Å². The zero-order chi connectivity index (χ0) is 19.8. The van der Waals surface area contributed by atoms with E-state index in [2.05, 4.69) is 0 Å². The zero-order valence-corrected chi connectivity index (χ0v) is 15.7. The average molecular weight is 393 g/mol. The number of ketones is 1. The summed E-state index contributed by atoms with van der Waals surface area (Å²) in [5, 5.41) is 12.4. The van der Waals surface area contributed by atoms with Gasteiger partial charge >= 0.3 is 0 Å². The van der Waals surface area contributed by atoms with Crippen molar-refractivity contribution in [2.24, 2.45) is 0 Å². The number of carbonyl (C=O) groups is 2. The minimum absolute atomic E-state index is 0.00214. The first-order valence-electron chi connectivity index (χ1n) is 8.64. The van der Waals surface area contributed by atoms with Crippen molar-refractivity contribution in [3.63, 3.8) is 0 Å². The lowest BCUT2D eigenvalue weighted by atomic mass is 9.94. The van der Waals surface area contributed by atoms with Crippen molar-refractivity contribution in [3.05, 3.63) is 99.2 Å². The van der Waals surface area contributed by atoms with Crippen LogP contribution in [0.2, 0.25) is 0 Å². The van der Waals surface area contributed by atoms with E-state index in [0.29, 0.717) is 10.4 Å². The number of thiophene rings is 1.